The third kappa shape index (κ3) is 28.5. The number of carbonyl (C=O) groups is 2. The maximum atomic E-state index is 12.8. The van der Waals surface area contributed by atoms with E-state index < -0.39 is 75.7 Å². The van der Waals surface area contributed by atoms with Crippen LogP contribution in [0.15, 0.2) is 24.3 Å². The Morgan fingerprint density at radius 1 is 0.508 bits per heavy atom. The summed E-state index contributed by atoms with van der Waals surface area (Å²) in [6.45, 7) is 3.28. The lowest BCUT2D eigenvalue weighted by molar-refractivity contribution is -0.220. The van der Waals surface area contributed by atoms with E-state index in [9.17, 15) is 44.6 Å². The average Bonchev–Trinajstić information content (AvgIpc) is 3.21. The van der Waals surface area contributed by atoms with Crippen LogP contribution in [0.3, 0.4) is 0 Å². The number of phosphoric acid groups is 1. The topological polar surface area (TPSA) is 210 Å². The van der Waals surface area contributed by atoms with Crippen LogP contribution in [0.4, 0.5) is 0 Å². The summed E-state index contributed by atoms with van der Waals surface area (Å²) in [5.41, 5.74) is 0. The maximum Gasteiger partial charge on any atom is 0.472 e. The first kappa shape index (κ1) is 55.3. The predicted molar refractivity (Wildman–Crippen MR) is 230 cm³/mol. The maximum absolute atomic E-state index is 12.8. The molecule has 0 aromatic heterocycles. The van der Waals surface area contributed by atoms with Crippen molar-refractivity contribution in [2.24, 2.45) is 0 Å². The first-order chi connectivity index (χ1) is 28.4. The Morgan fingerprint density at radius 2 is 0.864 bits per heavy atom. The first-order valence-corrected chi connectivity index (χ1v) is 24.6. The van der Waals surface area contributed by atoms with E-state index in [1.54, 1.807) is 0 Å². The van der Waals surface area contributed by atoms with E-state index in [1.165, 1.54) is 77.0 Å². The molecule has 1 rings (SSSR count). The van der Waals surface area contributed by atoms with Crippen LogP contribution in [0, 0.1) is 0 Å². The molecule has 0 heterocycles. The number of hydrogen-bond donors (Lipinski definition) is 6. The van der Waals surface area contributed by atoms with E-state index in [0.29, 0.717) is 12.8 Å². The molecule has 0 aromatic carbocycles. The fourth-order valence-corrected chi connectivity index (χ4v) is 7.95. The second-order valence-corrected chi connectivity index (χ2v) is 17.7. The first-order valence-electron chi connectivity index (χ1n) is 23.1. The van der Waals surface area contributed by atoms with Gasteiger partial charge in [0.2, 0.25) is 0 Å². The van der Waals surface area contributed by atoms with Crippen LogP contribution in [0.2, 0.25) is 0 Å². The Bertz CT molecular complexity index is 1130. The number of aliphatic hydroxyl groups excluding tert-OH is 5. The Labute approximate surface area is 356 Å². The molecule has 1 fully saturated rings. The predicted octanol–water partition coefficient (Wildman–Crippen LogP) is 8.84. The smallest absolute Gasteiger partial charge is 0.462 e. The second-order valence-electron chi connectivity index (χ2n) is 16.3. The van der Waals surface area contributed by atoms with Gasteiger partial charge in [-0.05, 0) is 64.2 Å². The summed E-state index contributed by atoms with van der Waals surface area (Å²) in [6, 6.07) is 0. The van der Waals surface area contributed by atoms with Gasteiger partial charge in [-0.3, -0.25) is 18.6 Å². The SMILES string of the molecule is CCCCCCCC/C=C\CCCCCCCC(=O)OC[C@H](COP(=O)(O)OC1[C@H](O)[C@H](O)C(O)[C@H](O)[C@H]1O)OC(=O)CCCCCCC/C=C\CCCCCCCC. The van der Waals surface area contributed by atoms with Crippen LogP contribution in [-0.4, -0.2) is 98.3 Å². The summed E-state index contributed by atoms with van der Waals surface area (Å²) < 4.78 is 33.5. The summed E-state index contributed by atoms with van der Waals surface area (Å²) in [5.74, 6) is -1.11. The van der Waals surface area contributed by atoms with Gasteiger partial charge in [-0.25, -0.2) is 4.57 Å². The molecule has 0 aliphatic heterocycles. The summed E-state index contributed by atoms with van der Waals surface area (Å²) in [7, 11) is -5.12. The highest BCUT2D eigenvalue weighted by Crippen LogP contribution is 2.47. The van der Waals surface area contributed by atoms with Crippen LogP contribution < -0.4 is 0 Å². The summed E-state index contributed by atoms with van der Waals surface area (Å²) in [5, 5.41) is 50.1. The highest BCUT2D eigenvalue weighted by molar-refractivity contribution is 7.47. The van der Waals surface area contributed by atoms with Gasteiger partial charge in [0.25, 0.3) is 0 Å². The van der Waals surface area contributed by atoms with Crippen LogP contribution in [0.1, 0.15) is 194 Å². The van der Waals surface area contributed by atoms with Gasteiger partial charge >= 0.3 is 19.8 Å². The quantitative estimate of drug-likeness (QED) is 0.0149. The van der Waals surface area contributed by atoms with Gasteiger partial charge < -0.3 is 39.9 Å². The summed E-state index contributed by atoms with van der Waals surface area (Å²) in [6.07, 6.45) is 25.2. The van der Waals surface area contributed by atoms with Gasteiger partial charge in [0, 0.05) is 12.8 Å². The second kappa shape index (κ2) is 35.9. The molecule has 59 heavy (non-hydrogen) atoms. The lowest BCUT2D eigenvalue weighted by Gasteiger charge is -2.41. The molecule has 0 spiro atoms. The van der Waals surface area contributed by atoms with E-state index in [4.69, 9.17) is 18.5 Å². The van der Waals surface area contributed by atoms with Crippen molar-refractivity contribution in [3.63, 3.8) is 0 Å². The van der Waals surface area contributed by atoms with E-state index in [2.05, 4.69) is 38.2 Å². The van der Waals surface area contributed by atoms with E-state index in [0.717, 1.165) is 77.0 Å². The zero-order valence-electron chi connectivity index (χ0n) is 36.6. The Hall–Kier alpha value is -1.67. The summed E-state index contributed by atoms with van der Waals surface area (Å²) in [4.78, 5) is 35.7. The molecule has 8 atom stereocenters. The number of phosphoric ester groups is 1. The molecule has 0 amide bonds. The van der Waals surface area contributed by atoms with Gasteiger partial charge in [0.05, 0.1) is 6.61 Å². The van der Waals surface area contributed by atoms with Gasteiger partial charge in [0.1, 0.15) is 43.2 Å². The van der Waals surface area contributed by atoms with Crippen molar-refractivity contribution in [3.8, 4) is 0 Å². The molecule has 0 aromatic rings. The normalized spacial score (nSPS) is 22.5. The van der Waals surface area contributed by atoms with Gasteiger partial charge in [-0.15, -0.1) is 0 Å². The number of allylic oxidation sites excluding steroid dienone is 4. The van der Waals surface area contributed by atoms with Crippen LogP contribution in [0.25, 0.3) is 0 Å². The van der Waals surface area contributed by atoms with Crippen molar-refractivity contribution < 1.29 is 63.1 Å². The number of ether oxygens (including phenoxy) is 2. The fourth-order valence-electron chi connectivity index (χ4n) is 6.98. The molecule has 1 aliphatic carbocycles. The van der Waals surface area contributed by atoms with Gasteiger partial charge in [-0.1, -0.05) is 141 Å². The zero-order chi connectivity index (χ0) is 43.6. The number of carbonyl (C=O) groups excluding carboxylic acids is 2. The van der Waals surface area contributed by atoms with E-state index in [1.807, 2.05) is 0 Å². The van der Waals surface area contributed by atoms with Crippen molar-refractivity contribution in [2.45, 2.75) is 236 Å². The third-order valence-corrected chi connectivity index (χ3v) is 11.8. The molecule has 13 nitrogen and oxygen atoms in total. The highest BCUT2D eigenvalue weighted by Gasteiger charge is 2.51. The van der Waals surface area contributed by atoms with Crippen molar-refractivity contribution in [1.29, 1.82) is 0 Å². The van der Waals surface area contributed by atoms with Gasteiger partial charge in [-0.2, -0.15) is 0 Å². The van der Waals surface area contributed by atoms with Crippen molar-refractivity contribution in [3.05, 3.63) is 24.3 Å². The molecule has 3 unspecified atom stereocenters. The molecule has 0 radical (unpaired) electrons. The fraction of sp³-hybridized carbons (Fsp3) is 0.867. The van der Waals surface area contributed by atoms with Crippen molar-refractivity contribution in [1.82, 2.24) is 0 Å². The lowest BCUT2D eigenvalue weighted by atomic mass is 9.85. The monoisotopic (exact) mass is 863 g/mol. The molecule has 0 bridgehead atoms. The molecule has 0 saturated heterocycles. The molecular weight excluding hydrogens is 779 g/mol. The number of rotatable bonds is 38. The van der Waals surface area contributed by atoms with E-state index in [-0.39, 0.29) is 12.8 Å². The Kier molecular flexibility index (Phi) is 33.7. The lowest BCUT2D eigenvalue weighted by Crippen LogP contribution is -2.64. The Morgan fingerprint density at radius 3 is 1.29 bits per heavy atom. The molecular formula is C45H83O13P. The molecule has 1 saturated carbocycles. The van der Waals surface area contributed by atoms with Crippen LogP contribution >= 0.6 is 7.82 Å². The highest BCUT2D eigenvalue weighted by atomic mass is 31.2. The van der Waals surface area contributed by atoms with Crippen LogP contribution in [-0.2, 0) is 32.7 Å². The zero-order valence-corrected chi connectivity index (χ0v) is 37.4. The number of unbranched alkanes of at least 4 members (excludes halogenated alkanes) is 22. The van der Waals surface area contributed by atoms with Gasteiger partial charge in [0.15, 0.2) is 6.10 Å². The minimum absolute atomic E-state index is 0.0867. The van der Waals surface area contributed by atoms with Crippen LogP contribution in [0.5, 0.6) is 0 Å². The minimum Gasteiger partial charge on any atom is -0.462 e. The Balaban J connectivity index is 2.47. The average molecular weight is 863 g/mol. The number of aliphatic hydroxyl groups is 5. The third-order valence-electron chi connectivity index (χ3n) is 10.8. The van der Waals surface area contributed by atoms with E-state index >= 15 is 0 Å². The molecule has 14 heteroatoms. The van der Waals surface area contributed by atoms with Crippen molar-refractivity contribution >= 4 is 19.8 Å². The summed E-state index contributed by atoms with van der Waals surface area (Å²) >= 11 is 0. The largest absolute Gasteiger partial charge is 0.472 e. The number of esters is 2. The molecule has 346 valence electrons. The minimum atomic E-state index is -5.12. The van der Waals surface area contributed by atoms with Crippen molar-refractivity contribution in [2.75, 3.05) is 13.2 Å². The number of hydrogen-bond acceptors (Lipinski definition) is 12. The molecule has 6 N–H and O–H groups in total. The molecule has 1 aliphatic rings. The standard InChI is InChI=1S/C45H83O13P/c1-3-5-7-9-11-13-15-17-19-21-23-25-27-29-31-33-38(46)55-35-37(36-56-59(53,54)58-45-43(51)41(49)40(48)42(50)44(45)52)57-39(47)34-32-30-28-26-24-22-20-18-16-14-12-10-8-6-4-2/h17-20,37,40-45,48-52H,3-16,21-36H2,1-2H3,(H,53,54)/b19-17-,20-18-/t37-,40?,41-,42+,43-,44-,45?/m1/s1.